The second-order valence-corrected chi connectivity index (χ2v) is 4.44. The molecule has 0 saturated carbocycles. The topological polar surface area (TPSA) is 99.0 Å². The molecule has 0 heterocycles. The van der Waals surface area contributed by atoms with Gasteiger partial charge in [0.1, 0.15) is 6.61 Å². The van der Waals surface area contributed by atoms with Crippen molar-refractivity contribution in [3.05, 3.63) is 42.6 Å². The predicted molar refractivity (Wildman–Crippen MR) is 74.2 cm³/mol. The standard InChI is InChI=1S/C14H19NO5/c1-2-15-12-6-4-3-5-11(12)13(19)20-10-14(7-16,8-17)9-18/h2-6,15-18H,1,7-10H2. The Kier molecular flexibility index (Phi) is 6.17. The quantitative estimate of drug-likeness (QED) is 0.514. The average Bonchev–Trinajstić information content (AvgIpc) is 2.50. The number of aliphatic hydroxyl groups is 3. The van der Waals surface area contributed by atoms with E-state index in [4.69, 9.17) is 20.1 Å². The van der Waals surface area contributed by atoms with Crippen LogP contribution in [0.2, 0.25) is 0 Å². The molecule has 0 fully saturated rings. The number of benzene rings is 1. The molecule has 0 aromatic heterocycles. The van der Waals surface area contributed by atoms with E-state index in [1.807, 2.05) is 0 Å². The summed E-state index contributed by atoms with van der Waals surface area (Å²) in [6, 6.07) is 6.70. The number of nitrogens with one attached hydrogen (secondary N) is 1. The van der Waals surface area contributed by atoms with Gasteiger partial charge in [-0.15, -0.1) is 0 Å². The van der Waals surface area contributed by atoms with Crippen LogP contribution in [0.25, 0.3) is 0 Å². The van der Waals surface area contributed by atoms with E-state index in [1.54, 1.807) is 24.3 Å². The summed E-state index contributed by atoms with van der Waals surface area (Å²) in [7, 11) is 0. The van der Waals surface area contributed by atoms with Crippen molar-refractivity contribution in [1.82, 2.24) is 0 Å². The molecule has 6 nitrogen and oxygen atoms in total. The average molecular weight is 281 g/mol. The third kappa shape index (κ3) is 3.80. The Morgan fingerprint density at radius 3 is 2.40 bits per heavy atom. The molecule has 0 spiro atoms. The minimum Gasteiger partial charge on any atom is -0.461 e. The highest BCUT2D eigenvalue weighted by atomic mass is 16.5. The van der Waals surface area contributed by atoms with Crippen LogP contribution in [-0.2, 0) is 4.74 Å². The molecule has 110 valence electrons. The molecule has 1 aromatic rings. The highest BCUT2D eigenvalue weighted by Crippen LogP contribution is 2.19. The maximum Gasteiger partial charge on any atom is 0.340 e. The number of anilines is 1. The van der Waals surface area contributed by atoms with Gasteiger partial charge in [0.05, 0.1) is 36.5 Å². The van der Waals surface area contributed by atoms with Gasteiger partial charge >= 0.3 is 5.97 Å². The van der Waals surface area contributed by atoms with E-state index in [9.17, 15) is 4.79 Å². The Morgan fingerprint density at radius 2 is 1.85 bits per heavy atom. The Labute approximate surface area is 117 Å². The summed E-state index contributed by atoms with van der Waals surface area (Å²) in [5.74, 6) is -0.616. The van der Waals surface area contributed by atoms with Crippen molar-refractivity contribution >= 4 is 11.7 Å². The van der Waals surface area contributed by atoms with Gasteiger partial charge in [-0.05, 0) is 18.3 Å². The summed E-state index contributed by atoms with van der Waals surface area (Å²) >= 11 is 0. The summed E-state index contributed by atoms with van der Waals surface area (Å²) in [5.41, 5.74) is -0.401. The molecule has 0 atom stereocenters. The summed E-state index contributed by atoms with van der Waals surface area (Å²) in [6.07, 6.45) is 1.44. The Morgan fingerprint density at radius 1 is 1.25 bits per heavy atom. The van der Waals surface area contributed by atoms with E-state index in [0.29, 0.717) is 11.3 Å². The summed E-state index contributed by atoms with van der Waals surface area (Å²) in [6.45, 7) is 1.78. The molecule has 0 radical (unpaired) electrons. The van der Waals surface area contributed by atoms with E-state index in [2.05, 4.69) is 11.9 Å². The normalized spacial score (nSPS) is 10.9. The van der Waals surface area contributed by atoms with Crippen LogP contribution in [-0.4, -0.2) is 47.7 Å². The lowest BCUT2D eigenvalue weighted by molar-refractivity contribution is -0.0440. The number of aliphatic hydroxyl groups excluding tert-OH is 3. The first kappa shape index (κ1) is 16.2. The minimum atomic E-state index is -1.24. The number of esters is 1. The van der Waals surface area contributed by atoms with Crippen LogP contribution in [0.1, 0.15) is 10.4 Å². The van der Waals surface area contributed by atoms with Gasteiger partial charge < -0.3 is 25.4 Å². The fourth-order valence-corrected chi connectivity index (χ4v) is 1.48. The first-order valence-electron chi connectivity index (χ1n) is 6.08. The first-order chi connectivity index (χ1) is 9.62. The largest absolute Gasteiger partial charge is 0.461 e. The van der Waals surface area contributed by atoms with Gasteiger partial charge in [-0.1, -0.05) is 18.7 Å². The fourth-order valence-electron chi connectivity index (χ4n) is 1.48. The number of rotatable bonds is 8. The molecular weight excluding hydrogens is 262 g/mol. The molecule has 4 N–H and O–H groups in total. The van der Waals surface area contributed by atoms with Gasteiger partial charge in [-0.25, -0.2) is 4.79 Å². The van der Waals surface area contributed by atoms with Crippen LogP contribution in [0, 0.1) is 5.41 Å². The molecular formula is C14H19NO5. The summed E-state index contributed by atoms with van der Waals surface area (Å²) in [4.78, 5) is 12.0. The zero-order valence-electron chi connectivity index (χ0n) is 11.1. The van der Waals surface area contributed by atoms with Crippen molar-refractivity contribution < 1.29 is 24.9 Å². The van der Waals surface area contributed by atoms with Crippen molar-refractivity contribution in [3.8, 4) is 0 Å². The van der Waals surface area contributed by atoms with Crippen LogP contribution < -0.4 is 5.32 Å². The summed E-state index contributed by atoms with van der Waals surface area (Å²) < 4.78 is 5.06. The maximum absolute atomic E-state index is 12.0. The van der Waals surface area contributed by atoms with Gasteiger partial charge in [0, 0.05) is 0 Å². The third-order valence-electron chi connectivity index (χ3n) is 2.92. The van der Waals surface area contributed by atoms with Gasteiger partial charge in [0.2, 0.25) is 0 Å². The molecule has 0 aliphatic carbocycles. The molecule has 0 saturated heterocycles. The molecule has 0 unspecified atom stereocenters. The van der Waals surface area contributed by atoms with E-state index in [0.717, 1.165) is 0 Å². The minimum absolute atomic E-state index is 0.280. The summed E-state index contributed by atoms with van der Waals surface area (Å²) in [5, 5.41) is 30.3. The zero-order valence-corrected chi connectivity index (χ0v) is 11.1. The number of para-hydroxylation sites is 1. The fraction of sp³-hybridized carbons (Fsp3) is 0.357. The van der Waals surface area contributed by atoms with E-state index < -0.39 is 31.2 Å². The molecule has 20 heavy (non-hydrogen) atoms. The SMILES string of the molecule is C=CNc1ccccc1C(=O)OCC(CO)(CO)CO. The Hall–Kier alpha value is -1.89. The number of hydrogen-bond donors (Lipinski definition) is 4. The number of carbonyl (C=O) groups excluding carboxylic acids is 1. The molecule has 6 heteroatoms. The van der Waals surface area contributed by atoms with Crippen LogP contribution in [0.3, 0.4) is 0 Å². The zero-order chi connectivity index (χ0) is 15.0. The van der Waals surface area contributed by atoms with Crippen LogP contribution >= 0.6 is 0 Å². The van der Waals surface area contributed by atoms with E-state index in [1.165, 1.54) is 6.20 Å². The second kappa shape index (κ2) is 7.64. The van der Waals surface area contributed by atoms with Crippen molar-refractivity contribution in [2.45, 2.75) is 0 Å². The van der Waals surface area contributed by atoms with Crippen LogP contribution in [0.5, 0.6) is 0 Å². The van der Waals surface area contributed by atoms with Gasteiger partial charge in [-0.2, -0.15) is 0 Å². The van der Waals surface area contributed by atoms with E-state index in [-0.39, 0.29) is 6.61 Å². The van der Waals surface area contributed by atoms with Crippen molar-refractivity contribution in [1.29, 1.82) is 0 Å². The van der Waals surface area contributed by atoms with Gasteiger partial charge in [0.15, 0.2) is 0 Å². The monoisotopic (exact) mass is 281 g/mol. The van der Waals surface area contributed by atoms with E-state index >= 15 is 0 Å². The second-order valence-electron chi connectivity index (χ2n) is 4.44. The first-order valence-corrected chi connectivity index (χ1v) is 6.08. The molecule has 0 aliphatic heterocycles. The third-order valence-corrected chi connectivity index (χ3v) is 2.92. The lowest BCUT2D eigenvalue weighted by Crippen LogP contribution is -2.39. The van der Waals surface area contributed by atoms with Crippen LogP contribution in [0.4, 0.5) is 5.69 Å². The number of hydrogen-bond acceptors (Lipinski definition) is 6. The Balaban J connectivity index is 2.79. The number of ether oxygens (including phenoxy) is 1. The lowest BCUT2D eigenvalue weighted by atomic mass is 9.92. The molecule has 1 aromatic carbocycles. The van der Waals surface area contributed by atoms with Gasteiger partial charge in [-0.3, -0.25) is 0 Å². The molecule has 0 amide bonds. The van der Waals surface area contributed by atoms with Crippen LogP contribution in [0.15, 0.2) is 37.0 Å². The predicted octanol–water partition coefficient (Wildman–Crippen LogP) is 0.362. The highest BCUT2D eigenvalue weighted by molar-refractivity contribution is 5.95. The molecule has 0 aliphatic rings. The van der Waals surface area contributed by atoms with Gasteiger partial charge in [0.25, 0.3) is 0 Å². The molecule has 1 rings (SSSR count). The number of carbonyl (C=O) groups is 1. The van der Waals surface area contributed by atoms with Crippen molar-refractivity contribution in [2.24, 2.45) is 5.41 Å². The van der Waals surface area contributed by atoms with Crippen molar-refractivity contribution in [2.75, 3.05) is 31.7 Å². The maximum atomic E-state index is 12.0. The highest BCUT2D eigenvalue weighted by Gasteiger charge is 2.30. The smallest absolute Gasteiger partial charge is 0.340 e. The van der Waals surface area contributed by atoms with Crippen molar-refractivity contribution in [3.63, 3.8) is 0 Å². The lowest BCUT2D eigenvalue weighted by Gasteiger charge is -2.26. The molecule has 0 bridgehead atoms. The Bertz CT molecular complexity index is 448.